The molecule has 21 heavy (non-hydrogen) atoms. The third kappa shape index (κ3) is 4.53. The van der Waals surface area contributed by atoms with Gasteiger partial charge < -0.3 is 5.11 Å². The number of thioether (sulfide) groups is 1. The summed E-state index contributed by atoms with van der Waals surface area (Å²) in [6.07, 6.45) is -2.68. The smallest absolute Gasteiger partial charge is 0.313 e. The van der Waals surface area contributed by atoms with Crippen molar-refractivity contribution < 1.29 is 18.7 Å². The van der Waals surface area contributed by atoms with Gasteiger partial charge in [0.2, 0.25) is 0 Å². The van der Waals surface area contributed by atoms with Crippen LogP contribution >= 0.6 is 27.7 Å². The standard InChI is InChI=1S/C13H11BrF2N2O2S/c14-9-3-1-2-8(4-9)6-18-11(21-7-12(19)20)5-10(17-18)13(15)16/h1-5,13H,6-7H2,(H,19,20). The number of nitrogens with zero attached hydrogens (tertiary/aromatic N) is 2. The Morgan fingerprint density at radius 3 is 2.81 bits per heavy atom. The molecule has 2 rings (SSSR count). The van der Waals surface area contributed by atoms with Crippen molar-refractivity contribution in [2.45, 2.75) is 18.0 Å². The van der Waals surface area contributed by atoms with E-state index in [1.165, 1.54) is 10.7 Å². The van der Waals surface area contributed by atoms with Gasteiger partial charge in [0.1, 0.15) is 5.69 Å². The Hall–Kier alpha value is -1.41. The Labute approximate surface area is 132 Å². The van der Waals surface area contributed by atoms with E-state index in [0.29, 0.717) is 11.6 Å². The molecule has 0 fully saturated rings. The van der Waals surface area contributed by atoms with Gasteiger partial charge in [-0.25, -0.2) is 8.78 Å². The number of benzene rings is 1. The minimum Gasteiger partial charge on any atom is -0.481 e. The van der Waals surface area contributed by atoms with Crippen LogP contribution in [0.4, 0.5) is 8.78 Å². The van der Waals surface area contributed by atoms with Gasteiger partial charge in [-0.1, -0.05) is 39.8 Å². The molecule has 1 N–H and O–H groups in total. The average Bonchev–Trinajstić information content (AvgIpc) is 2.80. The van der Waals surface area contributed by atoms with E-state index < -0.39 is 12.4 Å². The molecule has 0 bridgehead atoms. The number of carboxylic acid groups (broad SMARTS) is 1. The van der Waals surface area contributed by atoms with Gasteiger partial charge in [-0.05, 0) is 23.8 Å². The maximum atomic E-state index is 12.8. The van der Waals surface area contributed by atoms with Crippen molar-refractivity contribution in [3.05, 3.63) is 46.1 Å². The fourth-order valence-corrected chi connectivity index (χ4v) is 2.88. The highest BCUT2D eigenvalue weighted by Crippen LogP contribution is 2.26. The molecule has 8 heteroatoms. The fraction of sp³-hybridized carbons (Fsp3) is 0.231. The number of aliphatic carboxylic acids is 1. The monoisotopic (exact) mass is 376 g/mol. The van der Waals surface area contributed by atoms with Crippen molar-refractivity contribution in [1.29, 1.82) is 0 Å². The second-order valence-corrected chi connectivity index (χ2v) is 6.09. The van der Waals surface area contributed by atoms with Crippen molar-refractivity contribution in [3.8, 4) is 0 Å². The zero-order chi connectivity index (χ0) is 15.4. The van der Waals surface area contributed by atoms with E-state index >= 15 is 0 Å². The zero-order valence-corrected chi connectivity index (χ0v) is 13.1. The highest BCUT2D eigenvalue weighted by atomic mass is 79.9. The van der Waals surface area contributed by atoms with Gasteiger partial charge in [0.05, 0.1) is 17.3 Å². The molecule has 0 atom stereocenters. The molecule has 0 saturated carbocycles. The number of carboxylic acids is 1. The highest BCUT2D eigenvalue weighted by Gasteiger charge is 2.17. The highest BCUT2D eigenvalue weighted by molar-refractivity contribution is 9.10. The molecule has 2 aromatic rings. The van der Waals surface area contributed by atoms with Gasteiger partial charge in [-0.2, -0.15) is 5.10 Å². The Morgan fingerprint density at radius 2 is 2.19 bits per heavy atom. The molecule has 0 aliphatic carbocycles. The maximum Gasteiger partial charge on any atom is 0.313 e. The molecule has 1 heterocycles. The first-order valence-electron chi connectivity index (χ1n) is 5.90. The lowest BCUT2D eigenvalue weighted by Crippen LogP contribution is -2.05. The summed E-state index contributed by atoms with van der Waals surface area (Å²) in [5.74, 6) is -1.21. The number of alkyl halides is 2. The van der Waals surface area contributed by atoms with Gasteiger partial charge in [0.15, 0.2) is 0 Å². The lowest BCUT2D eigenvalue weighted by molar-refractivity contribution is -0.133. The summed E-state index contributed by atoms with van der Waals surface area (Å²) in [5.41, 5.74) is 0.531. The van der Waals surface area contributed by atoms with E-state index in [1.807, 2.05) is 24.3 Å². The van der Waals surface area contributed by atoms with Crippen molar-refractivity contribution >= 4 is 33.7 Å². The molecular formula is C13H11BrF2N2O2S. The largest absolute Gasteiger partial charge is 0.481 e. The van der Waals surface area contributed by atoms with Crippen LogP contribution in [0.15, 0.2) is 39.8 Å². The van der Waals surface area contributed by atoms with Gasteiger partial charge in [0, 0.05) is 4.47 Å². The van der Waals surface area contributed by atoms with Gasteiger partial charge in [-0.15, -0.1) is 0 Å². The normalized spacial score (nSPS) is 11.0. The van der Waals surface area contributed by atoms with Gasteiger partial charge >= 0.3 is 5.97 Å². The first-order valence-corrected chi connectivity index (χ1v) is 7.68. The van der Waals surface area contributed by atoms with Crippen molar-refractivity contribution in [1.82, 2.24) is 9.78 Å². The molecule has 1 aromatic carbocycles. The van der Waals surface area contributed by atoms with Crippen LogP contribution in [0.1, 0.15) is 17.7 Å². The minimum absolute atomic E-state index is 0.202. The molecule has 0 radical (unpaired) electrons. The van der Waals surface area contributed by atoms with E-state index in [4.69, 9.17) is 5.11 Å². The van der Waals surface area contributed by atoms with Crippen LogP contribution in [0.2, 0.25) is 0 Å². The number of rotatable bonds is 6. The zero-order valence-electron chi connectivity index (χ0n) is 10.7. The predicted octanol–water partition coefficient (Wildman–Crippen LogP) is 3.81. The minimum atomic E-state index is -2.68. The predicted molar refractivity (Wildman–Crippen MR) is 78.8 cm³/mol. The van der Waals surface area contributed by atoms with Gasteiger partial charge in [-0.3, -0.25) is 9.48 Å². The summed E-state index contributed by atoms with van der Waals surface area (Å²) in [6.45, 7) is 0.300. The van der Waals surface area contributed by atoms with Gasteiger partial charge in [0.25, 0.3) is 6.43 Å². The maximum absolute atomic E-state index is 12.8. The summed E-state index contributed by atoms with van der Waals surface area (Å²) in [5, 5.41) is 13.0. The Balaban J connectivity index is 2.25. The summed E-state index contributed by atoms with van der Waals surface area (Å²) < 4.78 is 27.8. The molecule has 0 saturated heterocycles. The lowest BCUT2D eigenvalue weighted by atomic mass is 10.2. The van der Waals surface area contributed by atoms with E-state index in [9.17, 15) is 13.6 Å². The first kappa shape index (κ1) is 16.0. The SMILES string of the molecule is O=C(O)CSc1cc(C(F)F)nn1Cc1cccc(Br)c1. The molecule has 112 valence electrons. The average molecular weight is 377 g/mol. The summed E-state index contributed by atoms with van der Waals surface area (Å²) in [6, 6.07) is 8.63. The second kappa shape index (κ2) is 7.04. The number of hydrogen-bond acceptors (Lipinski definition) is 3. The molecule has 4 nitrogen and oxygen atoms in total. The molecule has 0 aliphatic heterocycles. The topological polar surface area (TPSA) is 55.1 Å². The number of halogens is 3. The quantitative estimate of drug-likeness (QED) is 0.778. The molecule has 0 unspecified atom stereocenters. The van der Waals surface area contributed by atoms with Crippen LogP contribution in [0.3, 0.4) is 0 Å². The second-order valence-electron chi connectivity index (χ2n) is 4.18. The lowest BCUT2D eigenvalue weighted by Gasteiger charge is -2.06. The van der Waals surface area contributed by atoms with E-state index in [-0.39, 0.29) is 11.4 Å². The van der Waals surface area contributed by atoms with Crippen LogP contribution < -0.4 is 0 Å². The summed E-state index contributed by atoms with van der Waals surface area (Å²) in [4.78, 5) is 10.6. The number of aromatic nitrogens is 2. The molecular weight excluding hydrogens is 366 g/mol. The number of hydrogen-bond donors (Lipinski definition) is 1. The van der Waals surface area contributed by atoms with Crippen LogP contribution in [-0.4, -0.2) is 26.6 Å². The van der Waals surface area contributed by atoms with Crippen LogP contribution in [0.5, 0.6) is 0 Å². The summed E-state index contributed by atoms with van der Waals surface area (Å²) in [7, 11) is 0. The summed E-state index contributed by atoms with van der Waals surface area (Å²) >= 11 is 4.31. The molecule has 0 aliphatic rings. The molecule has 0 amide bonds. The van der Waals surface area contributed by atoms with Crippen LogP contribution in [0.25, 0.3) is 0 Å². The first-order chi connectivity index (χ1) is 9.95. The Bertz CT molecular complexity index is 649. The molecule has 1 aromatic heterocycles. The van der Waals surface area contributed by atoms with E-state index in [2.05, 4.69) is 21.0 Å². The van der Waals surface area contributed by atoms with Crippen LogP contribution in [-0.2, 0) is 11.3 Å². The molecule has 0 spiro atoms. The Kier molecular flexibility index (Phi) is 5.35. The van der Waals surface area contributed by atoms with E-state index in [0.717, 1.165) is 21.8 Å². The van der Waals surface area contributed by atoms with Crippen molar-refractivity contribution in [3.63, 3.8) is 0 Å². The Morgan fingerprint density at radius 1 is 1.43 bits per heavy atom. The van der Waals surface area contributed by atoms with Crippen molar-refractivity contribution in [2.24, 2.45) is 0 Å². The fourth-order valence-electron chi connectivity index (χ4n) is 1.70. The third-order valence-electron chi connectivity index (χ3n) is 2.55. The number of carbonyl (C=O) groups is 1. The van der Waals surface area contributed by atoms with Crippen molar-refractivity contribution in [2.75, 3.05) is 5.75 Å². The van der Waals surface area contributed by atoms with E-state index in [1.54, 1.807) is 0 Å². The van der Waals surface area contributed by atoms with Crippen LogP contribution in [0, 0.1) is 0 Å². The third-order valence-corrected chi connectivity index (χ3v) is 4.06.